The fraction of sp³-hybridized carbons (Fsp3) is 0.471. The van der Waals surface area contributed by atoms with Gasteiger partial charge in [0.1, 0.15) is 0 Å². The molecule has 1 aromatic carbocycles. The van der Waals surface area contributed by atoms with E-state index >= 15 is 0 Å². The quantitative estimate of drug-likeness (QED) is 0.864. The van der Waals surface area contributed by atoms with Gasteiger partial charge in [0, 0.05) is 38.7 Å². The summed E-state index contributed by atoms with van der Waals surface area (Å²) in [4.78, 5) is 38.2. The van der Waals surface area contributed by atoms with Crippen molar-refractivity contribution in [2.75, 3.05) is 20.1 Å². The summed E-state index contributed by atoms with van der Waals surface area (Å²) in [6.07, 6.45) is 1.47. The van der Waals surface area contributed by atoms with Gasteiger partial charge in [-0.2, -0.15) is 0 Å². The normalized spacial score (nSPS) is 15.6. The first kappa shape index (κ1) is 17.0. The summed E-state index contributed by atoms with van der Waals surface area (Å²) in [5.41, 5.74) is 1.42. The van der Waals surface area contributed by atoms with E-state index in [1.54, 1.807) is 37.1 Å². The molecule has 6 heteroatoms. The van der Waals surface area contributed by atoms with Crippen molar-refractivity contribution in [3.8, 4) is 0 Å². The van der Waals surface area contributed by atoms with Crippen LogP contribution in [0.3, 0.4) is 0 Å². The second-order valence-corrected chi connectivity index (χ2v) is 6.04. The zero-order valence-corrected chi connectivity index (χ0v) is 13.5. The van der Waals surface area contributed by atoms with Crippen LogP contribution in [0.2, 0.25) is 0 Å². The minimum atomic E-state index is -0.925. The van der Waals surface area contributed by atoms with E-state index in [-0.39, 0.29) is 18.4 Å². The van der Waals surface area contributed by atoms with Gasteiger partial charge in [-0.15, -0.1) is 0 Å². The van der Waals surface area contributed by atoms with Crippen LogP contribution in [0.1, 0.15) is 35.7 Å². The van der Waals surface area contributed by atoms with Crippen LogP contribution in [-0.4, -0.2) is 52.8 Å². The number of likely N-dealkylation sites (tertiary alicyclic amines) is 1. The molecule has 0 radical (unpaired) electrons. The third-order valence-corrected chi connectivity index (χ3v) is 4.03. The van der Waals surface area contributed by atoms with Crippen molar-refractivity contribution in [1.29, 1.82) is 0 Å². The number of carbonyl (C=O) groups is 3. The van der Waals surface area contributed by atoms with E-state index in [0.29, 0.717) is 18.5 Å². The molecule has 23 heavy (non-hydrogen) atoms. The van der Waals surface area contributed by atoms with E-state index in [0.717, 1.165) is 18.5 Å². The number of nitrogens with zero attached hydrogens (tertiary/aromatic N) is 2. The average Bonchev–Trinajstić information content (AvgIpc) is 2.91. The highest BCUT2D eigenvalue weighted by molar-refractivity contribution is 5.94. The Kier molecular flexibility index (Phi) is 5.36. The molecule has 1 aliphatic rings. The molecule has 1 aromatic rings. The molecule has 124 valence electrons. The molecule has 1 saturated heterocycles. The fourth-order valence-electron chi connectivity index (χ4n) is 2.69. The van der Waals surface area contributed by atoms with Gasteiger partial charge in [-0.05, 0) is 24.1 Å². The Hall–Kier alpha value is -2.37. The van der Waals surface area contributed by atoms with E-state index < -0.39 is 11.9 Å². The maximum absolute atomic E-state index is 12.4. The molecule has 0 saturated carbocycles. The predicted octanol–water partition coefficient (Wildman–Crippen LogP) is 1.60. The minimum Gasteiger partial charge on any atom is -0.481 e. The first-order valence-corrected chi connectivity index (χ1v) is 7.73. The van der Waals surface area contributed by atoms with Gasteiger partial charge in [-0.1, -0.05) is 19.1 Å². The molecule has 2 rings (SSSR count). The van der Waals surface area contributed by atoms with Crippen molar-refractivity contribution in [1.82, 2.24) is 9.80 Å². The molecule has 1 fully saturated rings. The van der Waals surface area contributed by atoms with Crippen molar-refractivity contribution in [3.63, 3.8) is 0 Å². The highest BCUT2D eigenvalue weighted by Crippen LogP contribution is 2.16. The first-order valence-electron chi connectivity index (χ1n) is 7.73. The van der Waals surface area contributed by atoms with E-state index in [4.69, 9.17) is 5.11 Å². The number of rotatable bonds is 6. The van der Waals surface area contributed by atoms with Crippen LogP contribution in [-0.2, 0) is 16.1 Å². The van der Waals surface area contributed by atoms with Crippen LogP contribution in [0, 0.1) is 5.92 Å². The van der Waals surface area contributed by atoms with Gasteiger partial charge in [-0.25, -0.2) is 0 Å². The number of carboxylic acids is 1. The largest absolute Gasteiger partial charge is 0.481 e. The summed E-state index contributed by atoms with van der Waals surface area (Å²) in [7, 11) is 1.60. The van der Waals surface area contributed by atoms with E-state index in [1.165, 1.54) is 4.90 Å². The number of carbonyl (C=O) groups excluding carboxylic acids is 2. The van der Waals surface area contributed by atoms with Crippen molar-refractivity contribution in [2.24, 2.45) is 5.92 Å². The van der Waals surface area contributed by atoms with Crippen molar-refractivity contribution in [3.05, 3.63) is 35.4 Å². The van der Waals surface area contributed by atoms with Crippen LogP contribution < -0.4 is 0 Å². The van der Waals surface area contributed by atoms with Crippen LogP contribution in [0.15, 0.2) is 24.3 Å². The zero-order chi connectivity index (χ0) is 17.0. The molecule has 1 atom stereocenters. The molecule has 0 aliphatic carbocycles. The number of aliphatic carboxylic acids is 1. The number of amides is 2. The summed E-state index contributed by atoms with van der Waals surface area (Å²) in [6, 6.07) is 7.16. The van der Waals surface area contributed by atoms with Crippen molar-refractivity contribution < 1.29 is 19.5 Å². The lowest BCUT2D eigenvalue weighted by atomic mass is 10.1. The molecule has 0 bridgehead atoms. The number of hydrogen-bond donors (Lipinski definition) is 1. The number of benzene rings is 1. The van der Waals surface area contributed by atoms with Crippen LogP contribution in [0.4, 0.5) is 0 Å². The van der Waals surface area contributed by atoms with Gasteiger partial charge < -0.3 is 14.9 Å². The van der Waals surface area contributed by atoms with Crippen molar-refractivity contribution in [2.45, 2.75) is 26.3 Å². The molecule has 0 spiro atoms. The molecule has 1 heterocycles. The van der Waals surface area contributed by atoms with Crippen LogP contribution >= 0.6 is 0 Å². The van der Waals surface area contributed by atoms with Crippen LogP contribution in [0.25, 0.3) is 0 Å². The Morgan fingerprint density at radius 1 is 1.39 bits per heavy atom. The Morgan fingerprint density at radius 3 is 2.74 bits per heavy atom. The van der Waals surface area contributed by atoms with Gasteiger partial charge in [-0.3, -0.25) is 14.4 Å². The zero-order valence-electron chi connectivity index (χ0n) is 13.5. The summed E-state index contributed by atoms with van der Waals surface area (Å²) < 4.78 is 0. The lowest BCUT2D eigenvalue weighted by molar-refractivity contribution is -0.141. The Balaban J connectivity index is 2.04. The monoisotopic (exact) mass is 318 g/mol. The third kappa shape index (κ3) is 4.31. The Labute approximate surface area is 135 Å². The third-order valence-electron chi connectivity index (χ3n) is 4.03. The number of carboxylic acid groups (broad SMARTS) is 1. The molecule has 0 aromatic heterocycles. The molecule has 0 unspecified atom stereocenters. The molecular formula is C17H22N2O4. The van der Waals surface area contributed by atoms with Gasteiger partial charge in [0.25, 0.3) is 5.91 Å². The summed E-state index contributed by atoms with van der Waals surface area (Å²) in [5, 5.41) is 8.94. The number of hydrogen-bond acceptors (Lipinski definition) is 3. The molecule has 2 amide bonds. The van der Waals surface area contributed by atoms with E-state index in [1.807, 2.05) is 6.07 Å². The Bertz CT molecular complexity index is 614. The van der Waals surface area contributed by atoms with Gasteiger partial charge in [0.05, 0.1) is 5.92 Å². The second kappa shape index (κ2) is 7.26. The highest BCUT2D eigenvalue weighted by atomic mass is 16.4. The Morgan fingerprint density at radius 2 is 2.13 bits per heavy atom. The molecular weight excluding hydrogens is 296 g/mol. The highest BCUT2D eigenvalue weighted by Gasteiger charge is 2.21. The van der Waals surface area contributed by atoms with Gasteiger partial charge in [0.2, 0.25) is 5.91 Å². The first-order chi connectivity index (χ1) is 10.9. The summed E-state index contributed by atoms with van der Waals surface area (Å²) >= 11 is 0. The standard InChI is InChI=1S/C17H22N2O4/c1-12(17(22)23)10-18(2)16(21)14-6-3-5-13(9-14)11-19-8-4-7-15(19)20/h3,5-6,9,12H,4,7-8,10-11H2,1-2H3,(H,22,23)/t12-/m0/s1. The molecule has 1 aliphatic heterocycles. The SMILES string of the molecule is C[C@@H](CN(C)C(=O)c1cccc(CN2CCCC2=O)c1)C(=O)O. The lowest BCUT2D eigenvalue weighted by Gasteiger charge is -2.20. The van der Waals surface area contributed by atoms with Crippen LogP contribution in [0.5, 0.6) is 0 Å². The predicted molar refractivity (Wildman–Crippen MR) is 84.9 cm³/mol. The molecule has 1 N–H and O–H groups in total. The lowest BCUT2D eigenvalue weighted by Crippen LogP contribution is -2.33. The summed E-state index contributed by atoms with van der Waals surface area (Å²) in [6.45, 7) is 2.99. The minimum absolute atomic E-state index is 0.147. The average molecular weight is 318 g/mol. The molecule has 6 nitrogen and oxygen atoms in total. The van der Waals surface area contributed by atoms with Gasteiger partial charge in [0.15, 0.2) is 0 Å². The van der Waals surface area contributed by atoms with Crippen molar-refractivity contribution >= 4 is 17.8 Å². The maximum atomic E-state index is 12.4. The topological polar surface area (TPSA) is 77.9 Å². The fourth-order valence-corrected chi connectivity index (χ4v) is 2.69. The van der Waals surface area contributed by atoms with Gasteiger partial charge >= 0.3 is 5.97 Å². The summed E-state index contributed by atoms with van der Waals surface area (Å²) in [5.74, 6) is -1.61. The van der Waals surface area contributed by atoms with E-state index in [9.17, 15) is 14.4 Å². The van der Waals surface area contributed by atoms with E-state index in [2.05, 4.69) is 0 Å². The smallest absolute Gasteiger partial charge is 0.308 e. The maximum Gasteiger partial charge on any atom is 0.308 e. The second-order valence-electron chi connectivity index (χ2n) is 6.04.